The third-order valence-corrected chi connectivity index (χ3v) is 4.36. The summed E-state index contributed by atoms with van der Waals surface area (Å²) in [5.74, 6) is 0.792. The number of halogens is 2. The van der Waals surface area contributed by atoms with Crippen LogP contribution in [0.25, 0.3) is 0 Å². The average molecular weight is 429 g/mol. The molecule has 0 unspecified atom stereocenters. The molecule has 1 amide bonds. The van der Waals surface area contributed by atoms with Gasteiger partial charge in [-0.2, -0.15) is 5.10 Å². The van der Waals surface area contributed by atoms with Gasteiger partial charge < -0.3 is 9.47 Å². The Labute approximate surface area is 178 Å². The van der Waals surface area contributed by atoms with Crippen LogP contribution in [0.5, 0.6) is 11.5 Å². The smallest absolute Gasteiger partial charge is 0.277 e. The number of carbonyl (C=O) groups excluding carboxylic acids is 1. The number of hydrogen-bond acceptors (Lipinski definition) is 4. The number of rotatable bonds is 8. The van der Waals surface area contributed by atoms with Crippen molar-refractivity contribution in [1.29, 1.82) is 0 Å². The second kappa shape index (κ2) is 10.5. The lowest BCUT2D eigenvalue weighted by Gasteiger charge is -2.07. The Bertz CT molecular complexity index is 974. The molecule has 3 aromatic rings. The molecule has 0 fully saturated rings. The van der Waals surface area contributed by atoms with Crippen molar-refractivity contribution in [3.05, 3.63) is 94.0 Å². The van der Waals surface area contributed by atoms with E-state index in [1.165, 1.54) is 6.21 Å². The maximum Gasteiger partial charge on any atom is 0.277 e. The van der Waals surface area contributed by atoms with Gasteiger partial charge in [-0.3, -0.25) is 4.79 Å². The lowest BCUT2D eigenvalue weighted by Crippen LogP contribution is -2.24. The van der Waals surface area contributed by atoms with Crippen molar-refractivity contribution < 1.29 is 14.3 Å². The highest BCUT2D eigenvalue weighted by Crippen LogP contribution is 2.22. The minimum atomic E-state index is -0.385. The number of hydrazone groups is 1. The summed E-state index contributed by atoms with van der Waals surface area (Å²) in [6, 6.07) is 21.8. The van der Waals surface area contributed by atoms with Crippen molar-refractivity contribution in [2.24, 2.45) is 5.10 Å². The Kier molecular flexibility index (Phi) is 7.50. The molecule has 0 aliphatic carbocycles. The van der Waals surface area contributed by atoms with Gasteiger partial charge in [-0.1, -0.05) is 47.5 Å². The maximum atomic E-state index is 11.8. The first-order valence-electron chi connectivity index (χ1n) is 8.77. The Hall–Kier alpha value is -3.02. The van der Waals surface area contributed by atoms with Crippen molar-refractivity contribution in [3.8, 4) is 11.5 Å². The molecule has 1 N–H and O–H groups in total. The summed E-state index contributed by atoms with van der Waals surface area (Å²) in [5, 5.41) is 5.06. The summed E-state index contributed by atoms with van der Waals surface area (Å²) in [7, 11) is 0. The molecule has 29 heavy (non-hydrogen) atoms. The number of benzene rings is 3. The molecule has 0 aliphatic rings. The fourth-order valence-electron chi connectivity index (χ4n) is 2.31. The van der Waals surface area contributed by atoms with E-state index in [2.05, 4.69) is 10.5 Å². The Morgan fingerprint density at radius 3 is 2.38 bits per heavy atom. The van der Waals surface area contributed by atoms with Crippen molar-refractivity contribution in [3.63, 3.8) is 0 Å². The summed E-state index contributed by atoms with van der Waals surface area (Å²) in [6.45, 7) is 0.268. The third kappa shape index (κ3) is 6.82. The third-order valence-electron chi connectivity index (χ3n) is 3.80. The minimum absolute atomic E-state index is 0.182. The average Bonchev–Trinajstić information content (AvgIpc) is 2.74. The maximum absolute atomic E-state index is 11.8. The fraction of sp³-hybridized carbons (Fsp3) is 0.0909. The second-order valence-electron chi connectivity index (χ2n) is 6.00. The molecular weight excluding hydrogens is 411 g/mol. The van der Waals surface area contributed by atoms with E-state index in [1.54, 1.807) is 24.3 Å². The molecule has 7 heteroatoms. The molecule has 0 heterocycles. The van der Waals surface area contributed by atoms with Gasteiger partial charge in [0.15, 0.2) is 6.61 Å². The van der Waals surface area contributed by atoms with Gasteiger partial charge in [-0.15, -0.1) is 0 Å². The highest BCUT2D eigenvalue weighted by molar-refractivity contribution is 6.32. The summed E-state index contributed by atoms with van der Waals surface area (Å²) in [6.07, 6.45) is 1.54. The van der Waals surface area contributed by atoms with E-state index in [1.807, 2.05) is 48.5 Å². The molecule has 0 saturated heterocycles. The molecule has 3 aromatic carbocycles. The van der Waals surface area contributed by atoms with Crippen LogP contribution in [-0.2, 0) is 11.4 Å². The van der Waals surface area contributed by atoms with E-state index in [4.69, 9.17) is 32.7 Å². The van der Waals surface area contributed by atoms with Crippen molar-refractivity contribution >= 4 is 35.3 Å². The van der Waals surface area contributed by atoms with Gasteiger partial charge in [0.1, 0.15) is 18.1 Å². The van der Waals surface area contributed by atoms with Crippen LogP contribution in [0, 0.1) is 0 Å². The Morgan fingerprint density at radius 1 is 0.931 bits per heavy atom. The number of para-hydroxylation sites is 1. The van der Waals surface area contributed by atoms with E-state index in [9.17, 15) is 4.79 Å². The van der Waals surface area contributed by atoms with Gasteiger partial charge in [-0.05, 0) is 59.7 Å². The standard InChI is InChI=1S/C22H18Cl2N2O3/c23-18-9-5-17(6-10-18)14-28-19-11-7-16(8-12-19)13-25-26-22(27)15-29-21-4-2-1-3-20(21)24/h1-13H,14-15H2,(H,26,27)/b25-13+. The summed E-state index contributed by atoms with van der Waals surface area (Å²) >= 11 is 11.8. The highest BCUT2D eigenvalue weighted by atomic mass is 35.5. The van der Waals surface area contributed by atoms with E-state index < -0.39 is 0 Å². The van der Waals surface area contributed by atoms with Crippen LogP contribution >= 0.6 is 23.2 Å². The quantitative estimate of drug-likeness (QED) is 0.400. The van der Waals surface area contributed by atoms with Gasteiger partial charge in [0, 0.05) is 5.02 Å². The number of nitrogens with one attached hydrogen (secondary N) is 1. The summed E-state index contributed by atoms with van der Waals surface area (Å²) < 4.78 is 11.1. The molecule has 0 spiro atoms. The lowest BCUT2D eigenvalue weighted by molar-refractivity contribution is -0.123. The van der Waals surface area contributed by atoms with Gasteiger partial charge in [-0.25, -0.2) is 5.43 Å². The topological polar surface area (TPSA) is 59.9 Å². The fourth-order valence-corrected chi connectivity index (χ4v) is 2.63. The number of amides is 1. The van der Waals surface area contributed by atoms with Crippen LogP contribution < -0.4 is 14.9 Å². The van der Waals surface area contributed by atoms with Crippen LogP contribution in [0.15, 0.2) is 77.9 Å². The molecule has 0 aromatic heterocycles. The Balaban J connectivity index is 1.42. The second-order valence-corrected chi connectivity index (χ2v) is 6.84. The first-order valence-corrected chi connectivity index (χ1v) is 9.52. The monoisotopic (exact) mass is 428 g/mol. The zero-order chi connectivity index (χ0) is 20.5. The molecule has 148 valence electrons. The van der Waals surface area contributed by atoms with Crippen LogP contribution in [0.4, 0.5) is 0 Å². The van der Waals surface area contributed by atoms with Crippen LogP contribution in [-0.4, -0.2) is 18.7 Å². The normalized spacial score (nSPS) is 10.7. The molecular formula is C22H18Cl2N2O3. The molecule has 0 atom stereocenters. The largest absolute Gasteiger partial charge is 0.489 e. The molecule has 5 nitrogen and oxygen atoms in total. The zero-order valence-corrected chi connectivity index (χ0v) is 16.9. The van der Waals surface area contributed by atoms with E-state index in [0.29, 0.717) is 22.4 Å². The number of nitrogens with zero attached hydrogens (tertiary/aromatic N) is 1. The van der Waals surface area contributed by atoms with E-state index in [0.717, 1.165) is 16.9 Å². The van der Waals surface area contributed by atoms with E-state index >= 15 is 0 Å². The Morgan fingerprint density at radius 2 is 1.66 bits per heavy atom. The number of carbonyl (C=O) groups is 1. The lowest BCUT2D eigenvalue weighted by atomic mass is 10.2. The van der Waals surface area contributed by atoms with E-state index in [-0.39, 0.29) is 12.5 Å². The molecule has 0 aliphatic heterocycles. The first kappa shape index (κ1) is 20.7. The van der Waals surface area contributed by atoms with Gasteiger partial charge >= 0.3 is 0 Å². The number of hydrogen-bond donors (Lipinski definition) is 1. The first-order chi connectivity index (χ1) is 14.1. The zero-order valence-electron chi connectivity index (χ0n) is 15.3. The van der Waals surface area contributed by atoms with Crippen LogP contribution in [0.1, 0.15) is 11.1 Å². The SMILES string of the molecule is O=C(COc1ccccc1Cl)N/N=C/c1ccc(OCc2ccc(Cl)cc2)cc1. The van der Waals surface area contributed by atoms with Gasteiger partial charge in [0.2, 0.25) is 0 Å². The van der Waals surface area contributed by atoms with Crippen molar-refractivity contribution in [2.45, 2.75) is 6.61 Å². The predicted octanol–water partition coefficient (Wildman–Crippen LogP) is 5.10. The minimum Gasteiger partial charge on any atom is -0.489 e. The van der Waals surface area contributed by atoms with Crippen molar-refractivity contribution in [2.75, 3.05) is 6.61 Å². The van der Waals surface area contributed by atoms with Gasteiger partial charge in [0.05, 0.1) is 11.2 Å². The van der Waals surface area contributed by atoms with Crippen molar-refractivity contribution in [1.82, 2.24) is 5.43 Å². The molecule has 0 radical (unpaired) electrons. The predicted molar refractivity (Wildman–Crippen MR) is 115 cm³/mol. The van der Waals surface area contributed by atoms with Crippen LogP contribution in [0.3, 0.4) is 0 Å². The summed E-state index contributed by atoms with van der Waals surface area (Å²) in [4.78, 5) is 11.8. The molecule has 3 rings (SSSR count). The molecule has 0 bridgehead atoms. The number of ether oxygens (including phenoxy) is 2. The molecule has 0 saturated carbocycles. The highest BCUT2D eigenvalue weighted by Gasteiger charge is 2.04. The van der Waals surface area contributed by atoms with Gasteiger partial charge in [0.25, 0.3) is 5.91 Å². The van der Waals surface area contributed by atoms with Crippen LogP contribution in [0.2, 0.25) is 10.0 Å². The summed E-state index contributed by atoms with van der Waals surface area (Å²) in [5.41, 5.74) is 4.25.